The quantitative estimate of drug-likeness (QED) is 0.427. The van der Waals surface area contributed by atoms with Gasteiger partial charge in [-0.25, -0.2) is 4.98 Å². The van der Waals surface area contributed by atoms with Gasteiger partial charge in [0.25, 0.3) is 0 Å². The highest BCUT2D eigenvalue weighted by atomic mass is 35.5. The van der Waals surface area contributed by atoms with E-state index in [0.717, 1.165) is 29.3 Å². The van der Waals surface area contributed by atoms with Crippen LogP contribution in [0.25, 0.3) is 0 Å². The van der Waals surface area contributed by atoms with Crippen molar-refractivity contribution >= 4 is 35.0 Å². The molecule has 0 bridgehead atoms. The minimum atomic E-state index is 0.393. The molecule has 3 rings (SSSR count). The van der Waals surface area contributed by atoms with Gasteiger partial charge in [-0.3, -0.25) is 0 Å². The van der Waals surface area contributed by atoms with Gasteiger partial charge in [-0.05, 0) is 49.1 Å². The maximum Gasteiger partial charge on any atom is 0.0945 e. The Hall–Kier alpha value is -1.42. The lowest BCUT2D eigenvalue weighted by Gasteiger charge is -2.20. The summed E-state index contributed by atoms with van der Waals surface area (Å²) in [4.78, 5) is 4.14. The third-order valence-electron chi connectivity index (χ3n) is 4.44. The molecule has 0 aliphatic rings. The van der Waals surface area contributed by atoms with E-state index in [-0.39, 0.29) is 0 Å². The van der Waals surface area contributed by atoms with Crippen LogP contribution in [-0.4, -0.2) is 9.55 Å². The average molecular weight is 405 g/mol. The van der Waals surface area contributed by atoms with Crippen LogP contribution >= 0.6 is 35.0 Å². The summed E-state index contributed by atoms with van der Waals surface area (Å²) in [6, 6.07) is 12.5. The van der Waals surface area contributed by atoms with Gasteiger partial charge in [-0.15, -0.1) is 11.8 Å². The molecule has 5 heteroatoms. The number of imidazole rings is 1. The number of hydrogen-bond donors (Lipinski definition) is 0. The number of halogens is 2. The first-order valence-corrected chi connectivity index (χ1v) is 10.4. The number of aryl methyl sites for hydroxylation is 3. The van der Waals surface area contributed by atoms with Gasteiger partial charge in [0.15, 0.2) is 0 Å². The molecule has 136 valence electrons. The summed E-state index contributed by atoms with van der Waals surface area (Å²) >= 11 is 14.3. The van der Waals surface area contributed by atoms with Gasteiger partial charge in [-0.1, -0.05) is 53.0 Å². The molecule has 0 aliphatic carbocycles. The molecule has 0 spiro atoms. The van der Waals surface area contributed by atoms with Crippen molar-refractivity contribution in [3.05, 3.63) is 87.4 Å². The number of thioether (sulfide) groups is 1. The smallest absolute Gasteiger partial charge is 0.0945 e. The predicted molar refractivity (Wildman–Crippen MR) is 113 cm³/mol. The van der Waals surface area contributed by atoms with Crippen LogP contribution in [0.1, 0.15) is 33.9 Å². The lowest BCUT2D eigenvalue weighted by molar-refractivity contribution is 0.633. The zero-order valence-corrected chi connectivity index (χ0v) is 17.3. The lowest BCUT2D eigenvalue weighted by atomic mass is 10.0. The summed E-state index contributed by atoms with van der Waals surface area (Å²) in [5.41, 5.74) is 5.16. The van der Waals surface area contributed by atoms with E-state index in [4.69, 9.17) is 23.2 Å². The molecule has 0 N–H and O–H groups in total. The van der Waals surface area contributed by atoms with Crippen LogP contribution in [0.4, 0.5) is 0 Å². The molecule has 2 nitrogen and oxygen atoms in total. The van der Waals surface area contributed by atoms with Crippen LogP contribution in [0, 0.1) is 13.8 Å². The topological polar surface area (TPSA) is 17.8 Å². The molecule has 0 saturated heterocycles. The molecule has 3 aromatic rings. The summed E-state index contributed by atoms with van der Waals surface area (Å²) in [5, 5.41) is 1.80. The van der Waals surface area contributed by atoms with Gasteiger partial charge in [0.05, 0.1) is 6.33 Å². The van der Waals surface area contributed by atoms with Crippen LogP contribution < -0.4 is 0 Å². The molecular formula is C21H22Cl2N2S. The molecule has 1 aromatic heterocycles. The van der Waals surface area contributed by atoms with Gasteiger partial charge in [0, 0.05) is 40.0 Å². The van der Waals surface area contributed by atoms with E-state index in [1.807, 2.05) is 48.7 Å². The third kappa shape index (κ3) is 5.06. The molecular weight excluding hydrogens is 383 g/mol. The Kier molecular flexibility index (Phi) is 6.68. The Balaban J connectivity index is 1.77. The molecule has 0 amide bonds. The summed E-state index contributed by atoms with van der Waals surface area (Å²) in [5.74, 6) is 0.859. The summed E-state index contributed by atoms with van der Waals surface area (Å²) in [6.07, 6.45) is 6.75. The fraction of sp³-hybridized carbons (Fsp3) is 0.286. The van der Waals surface area contributed by atoms with Crippen molar-refractivity contribution in [1.29, 1.82) is 0 Å². The van der Waals surface area contributed by atoms with Gasteiger partial charge in [-0.2, -0.15) is 0 Å². The first kappa shape index (κ1) is 19.3. The SMILES string of the molecule is Cc1ccc(C(CCn2ccnc2)SCc2ccc(Cl)cc2Cl)c(C)c1. The van der Waals surface area contributed by atoms with E-state index in [1.165, 1.54) is 16.7 Å². The number of benzene rings is 2. The van der Waals surface area contributed by atoms with Gasteiger partial charge < -0.3 is 4.57 Å². The highest BCUT2D eigenvalue weighted by Gasteiger charge is 2.16. The van der Waals surface area contributed by atoms with Crippen LogP contribution in [0.3, 0.4) is 0 Å². The van der Waals surface area contributed by atoms with Crippen LogP contribution in [0.2, 0.25) is 10.0 Å². The van der Waals surface area contributed by atoms with Crippen molar-refractivity contribution in [2.75, 3.05) is 0 Å². The van der Waals surface area contributed by atoms with E-state index in [0.29, 0.717) is 10.3 Å². The van der Waals surface area contributed by atoms with E-state index in [9.17, 15) is 0 Å². The Labute approximate surface area is 169 Å². The minimum absolute atomic E-state index is 0.393. The highest BCUT2D eigenvalue weighted by molar-refractivity contribution is 7.98. The first-order valence-electron chi connectivity index (χ1n) is 8.61. The molecule has 2 aromatic carbocycles. The molecule has 0 radical (unpaired) electrons. The fourth-order valence-electron chi connectivity index (χ4n) is 3.03. The molecule has 0 aliphatic heterocycles. The molecule has 1 unspecified atom stereocenters. The van der Waals surface area contributed by atoms with Crippen molar-refractivity contribution in [3.8, 4) is 0 Å². The number of hydrogen-bond acceptors (Lipinski definition) is 2. The van der Waals surface area contributed by atoms with E-state index in [2.05, 4.69) is 41.6 Å². The summed E-state index contributed by atoms with van der Waals surface area (Å²) < 4.78 is 2.13. The van der Waals surface area contributed by atoms with E-state index < -0.39 is 0 Å². The maximum atomic E-state index is 6.36. The number of aromatic nitrogens is 2. The van der Waals surface area contributed by atoms with Gasteiger partial charge >= 0.3 is 0 Å². The predicted octanol–water partition coefficient (Wildman–Crippen LogP) is 6.87. The molecule has 0 fully saturated rings. The number of nitrogens with zero attached hydrogens (tertiary/aromatic N) is 2. The standard InChI is InChI=1S/C21H22Cl2N2S/c1-15-3-6-19(16(2)11-15)21(7-9-25-10-8-24-14-25)26-13-17-4-5-18(22)12-20(17)23/h3-6,8,10-12,14,21H,7,9,13H2,1-2H3. The Bertz CT molecular complexity index is 862. The second-order valence-corrected chi connectivity index (χ2v) is 8.52. The van der Waals surface area contributed by atoms with Crippen molar-refractivity contribution in [3.63, 3.8) is 0 Å². The van der Waals surface area contributed by atoms with E-state index in [1.54, 1.807) is 0 Å². The van der Waals surface area contributed by atoms with Gasteiger partial charge in [0.1, 0.15) is 0 Å². The second-order valence-electron chi connectivity index (χ2n) is 6.48. The average Bonchev–Trinajstić information content (AvgIpc) is 3.11. The monoisotopic (exact) mass is 404 g/mol. The normalized spacial score (nSPS) is 12.3. The lowest BCUT2D eigenvalue weighted by Crippen LogP contribution is -2.04. The largest absolute Gasteiger partial charge is 0.337 e. The molecule has 0 saturated carbocycles. The Morgan fingerprint density at radius 2 is 1.96 bits per heavy atom. The van der Waals surface area contributed by atoms with Crippen molar-refractivity contribution in [1.82, 2.24) is 9.55 Å². The first-order chi connectivity index (χ1) is 12.5. The maximum absolute atomic E-state index is 6.36. The summed E-state index contributed by atoms with van der Waals surface area (Å²) in [7, 11) is 0. The van der Waals surface area contributed by atoms with Crippen LogP contribution in [-0.2, 0) is 12.3 Å². The summed E-state index contributed by atoms with van der Waals surface area (Å²) in [6.45, 7) is 5.28. The zero-order chi connectivity index (χ0) is 18.5. The third-order valence-corrected chi connectivity index (χ3v) is 6.39. The Morgan fingerprint density at radius 1 is 1.12 bits per heavy atom. The fourth-order valence-corrected chi connectivity index (χ4v) is 4.93. The Morgan fingerprint density at radius 3 is 2.65 bits per heavy atom. The van der Waals surface area contributed by atoms with Crippen molar-refractivity contribution < 1.29 is 0 Å². The van der Waals surface area contributed by atoms with Crippen molar-refractivity contribution in [2.24, 2.45) is 0 Å². The molecule has 1 atom stereocenters. The number of rotatable bonds is 7. The van der Waals surface area contributed by atoms with E-state index >= 15 is 0 Å². The molecule has 1 heterocycles. The van der Waals surface area contributed by atoms with Crippen LogP contribution in [0.5, 0.6) is 0 Å². The minimum Gasteiger partial charge on any atom is -0.337 e. The molecule has 26 heavy (non-hydrogen) atoms. The van der Waals surface area contributed by atoms with Crippen LogP contribution in [0.15, 0.2) is 55.1 Å². The second kappa shape index (κ2) is 8.98. The van der Waals surface area contributed by atoms with Crippen molar-refractivity contribution in [2.45, 2.75) is 37.8 Å². The zero-order valence-electron chi connectivity index (χ0n) is 15.0. The van der Waals surface area contributed by atoms with Gasteiger partial charge in [0.2, 0.25) is 0 Å². The highest BCUT2D eigenvalue weighted by Crippen LogP contribution is 2.38.